The standard InChI is InChI=1S/C34H18S4/c1-5-31(35-21-1)17-13-29(14-18-32-6-2-22-36-32)25-27-9-11-28(12-10-27)26-30(15-19-33-7-3-23-37-33)16-20-34-8-4-24-38-34/h1-12,21-26H. The Balaban J connectivity index is 1.42. The van der Waals surface area contributed by atoms with E-state index >= 15 is 0 Å². The Bertz CT molecular complexity index is 1530. The van der Waals surface area contributed by atoms with E-state index in [2.05, 4.69) is 71.6 Å². The molecule has 0 N–H and O–H groups in total. The molecule has 0 aliphatic carbocycles. The summed E-state index contributed by atoms with van der Waals surface area (Å²) in [5.41, 5.74) is 3.63. The van der Waals surface area contributed by atoms with Gasteiger partial charge in [-0.15, -0.1) is 45.3 Å². The summed E-state index contributed by atoms with van der Waals surface area (Å²) >= 11 is 6.51. The molecule has 5 aromatic rings. The lowest BCUT2D eigenvalue weighted by molar-refractivity contribution is 1.61. The van der Waals surface area contributed by atoms with Crippen LogP contribution in [0.2, 0.25) is 0 Å². The fourth-order valence-electron chi connectivity index (χ4n) is 3.14. The zero-order valence-electron chi connectivity index (χ0n) is 20.0. The van der Waals surface area contributed by atoms with E-state index in [4.69, 9.17) is 0 Å². The summed E-state index contributed by atoms with van der Waals surface area (Å²) in [6, 6.07) is 24.4. The quantitative estimate of drug-likeness (QED) is 0.191. The summed E-state index contributed by atoms with van der Waals surface area (Å²) in [6.45, 7) is 0. The highest BCUT2D eigenvalue weighted by Crippen LogP contribution is 2.15. The average molecular weight is 555 g/mol. The molecule has 0 saturated carbocycles. The van der Waals surface area contributed by atoms with Crippen LogP contribution in [0.4, 0.5) is 0 Å². The summed E-state index contributed by atoms with van der Waals surface area (Å²) in [6.07, 6.45) is 4.06. The number of rotatable bonds is 2. The lowest BCUT2D eigenvalue weighted by Gasteiger charge is -1.98. The second-order valence-electron chi connectivity index (χ2n) is 7.69. The molecule has 5 rings (SSSR count). The minimum absolute atomic E-state index is 0.777. The van der Waals surface area contributed by atoms with Gasteiger partial charge in [-0.1, -0.05) is 95.9 Å². The van der Waals surface area contributed by atoms with Gasteiger partial charge in [-0.25, -0.2) is 0 Å². The van der Waals surface area contributed by atoms with Crippen molar-refractivity contribution in [2.24, 2.45) is 0 Å². The summed E-state index contributed by atoms with van der Waals surface area (Å²) in [4.78, 5) is 4.09. The van der Waals surface area contributed by atoms with Gasteiger partial charge in [-0.3, -0.25) is 0 Å². The van der Waals surface area contributed by atoms with Crippen molar-refractivity contribution in [3.8, 4) is 47.4 Å². The zero-order chi connectivity index (χ0) is 25.8. The van der Waals surface area contributed by atoms with Crippen molar-refractivity contribution < 1.29 is 0 Å². The van der Waals surface area contributed by atoms with Gasteiger partial charge < -0.3 is 0 Å². The fourth-order valence-corrected chi connectivity index (χ4v) is 5.43. The van der Waals surface area contributed by atoms with Gasteiger partial charge in [0.05, 0.1) is 30.7 Å². The van der Waals surface area contributed by atoms with Crippen molar-refractivity contribution >= 4 is 57.5 Å². The molecule has 178 valence electrons. The molecule has 0 bridgehead atoms. The molecule has 1 aromatic carbocycles. The first kappa shape index (κ1) is 25.4. The lowest BCUT2D eigenvalue weighted by atomic mass is 10.1. The van der Waals surface area contributed by atoms with Crippen molar-refractivity contribution in [1.82, 2.24) is 0 Å². The van der Waals surface area contributed by atoms with Gasteiger partial charge in [0, 0.05) is 0 Å². The molecule has 38 heavy (non-hydrogen) atoms. The van der Waals surface area contributed by atoms with Crippen molar-refractivity contribution in [3.05, 3.63) is 136 Å². The first-order valence-electron chi connectivity index (χ1n) is 11.6. The van der Waals surface area contributed by atoms with Gasteiger partial charge in [0.25, 0.3) is 0 Å². The minimum atomic E-state index is 0.777. The Hall–Kier alpha value is -4.26. The van der Waals surface area contributed by atoms with Crippen LogP contribution in [-0.2, 0) is 0 Å². The Labute approximate surface area is 239 Å². The van der Waals surface area contributed by atoms with Crippen LogP contribution in [0.5, 0.6) is 0 Å². The molecule has 0 saturated heterocycles. The van der Waals surface area contributed by atoms with Crippen LogP contribution in [0.3, 0.4) is 0 Å². The number of hydrogen-bond donors (Lipinski definition) is 0. The Morgan fingerprint density at radius 1 is 0.421 bits per heavy atom. The topological polar surface area (TPSA) is 0 Å². The Kier molecular flexibility index (Phi) is 8.91. The third-order valence-electron chi connectivity index (χ3n) is 4.92. The molecular weight excluding hydrogens is 537 g/mol. The molecule has 4 aromatic heterocycles. The molecule has 0 atom stereocenters. The molecule has 0 aliphatic rings. The van der Waals surface area contributed by atoms with Crippen LogP contribution in [-0.4, -0.2) is 0 Å². The fraction of sp³-hybridized carbons (Fsp3) is 0. The predicted molar refractivity (Wildman–Crippen MR) is 167 cm³/mol. The van der Waals surface area contributed by atoms with Gasteiger partial charge in [-0.2, -0.15) is 0 Å². The normalized spacial score (nSPS) is 9.26. The second kappa shape index (κ2) is 13.3. The summed E-state index contributed by atoms with van der Waals surface area (Å²) in [5, 5.41) is 8.11. The van der Waals surface area contributed by atoms with Gasteiger partial charge in [0.1, 0.15) is 0 Å². The van der Waals surface area contributed by atoms with E-state index in [-0.39, 0.29) is 0 Å². The van der Waals surface area contributed by atoms with Gasteiger partial charge in [0.15, 0.2) is 0 Å². The third-order valence-corrected chi connectivity index (χ3v) is 8.07. The largest absolute Gasteiger partial charge is 0.135 e. The van der Waals surface area contributed by atoms with Crippen molar-refractivity contribution in [2.45, 2.75) is 0 Å². The molecule has 0 amide bonds. The maximum atomic E-state index is 3.25. The third kappa shape index (κ3) is 7.87. The van der Waals surface area contributed by atoms with Crippen LogP contribution < -0.4 is 0 Å². The van der Waals surface area contributed by atoms with Crippen LogP contribution in [0, 0.1) is 47.4 Å². The first-order valence-corrected chi connectivity index (χ1v) is 15.1. The number of allylic oxidation sites excluding steroid dienone is 2. The van der Waals surface area contributed by atoms with E-state index in [0.717, 1.165) is 41.8 Å². The minimum Gasteiger partial charge on any atom is -0.135 e. The molecule has 0 nitrogen and oxygen atoms in total. The molecule has 4 heteroatoms. The molecule has 0 spiro atoms. The highest BCUT2D eigenvalue weighted by molar-refractivity contribution is 7.11. The summed E-state index contributed by atoms with van der Waals surface area (Å²) in [5.74, 6) is 25.9. The summed E-state index contributed by atoms with van der Waals surface area (Å²) < 4.78 is 0. The van der Waals surface area contributed by atoms with E-state index < -0.39 is 0 Å². The lowest BCUT2D eigenvalue weighted by Crippen LogP contribution is -1.81. The highest BCUT2D eigenvalue weighted by Gasteiger charge is 1.97. The van der Waals surface area contributed by atoms with E-state index in [1.807, 2.05) is 82.2 Å². The highest BCUT2D eigenvalue weighted by atomic mass is 32.1. The van der Waals surface area contributed by atoms with Gasteiger partial charge >= 0.3 is 0 Å². The van der Waals surface area contributed by atoms with Crippen molar-refractivity contribution in [1.29, 1.82) is 0 Å². The molecule has 0 aliphatic heterocycles. The smallest absolute Gasteiger partial charge is 0.0772 e. The van der Waals surface area contributed by atoms with Crippen LogP contribution in [0.1, 0.15) is 30.6 Å². The van der Waals surface area contributed by atoms with Crippen LogP contribution in [0.15, 0.2) is 105 Å². The predicted octanol–water partition coefficient (Wildman–Crippen LogP) is 8.91. The van der Waals surface area contributed by atoms with Gasteiger partial charge in [-0.05, 0) is 69.1 Å². The maximum Gasteiger partial charge on any atom is 0.0772 e. The number of benzene rings is 1. The van der Waals surface area contributed by atoms with E-state index in [9.17, 15) is 0 Å². The first-order chi connectivity index (χ1) is 18.8. The van der Waals surface area contributed by atoms with E-state index in [1.165, 1.54) is 0 Å². The van der Waals surface area contributed by atoms with E-state index in [0.29, 0.717) is 0 Å². The van der Waals surface area contributed by atoms with Gasteiger partial charge in [0.2, 0.25) is 0 Å². The average Bonchev–Trinajstić information content (AvgIpc) is 3.77. The monoisotopic (exact) mass is 554 g/mol. The molecule has 4 heterocycles. The SMILES string of the molecule is C(#Cc1cccs1)C(C#Cc1cccs1)=Cc1ccc(C=C(C#Cc2cccs2)C#Cc2cccs2)cc1. The van der Waals surface area contributed by atoms with Crippen molar-refractivity contribution in [3.63, 3.8) is 0 Å². The summed E-state index contributed by atoms with van der Waals surface area (Å²) in [7, 11) is 0. The molecule has 0 fully saturated rings. The van der Waals surface area contributed by atoms with Crippen LogP contribution in [0.25, 0.3) is 12.2 Å². The number of hydrogen-bond acceptors (Lipinski definition) is 4. The van der Waals surface area contributed by atoms with Crippen molar-refractivity contribution in [2.75, 3.05) is 0 Å². The van der Waals surface area contributed by atoms with E-state index in [1.54, 1.807) is 45.3 Å². The Morgan fingerprint density at radius 3 is 0.947 bits per heavy atom. The Morgan fingerprint density at radius 2 is 0.711 bits per heavy atom. The van der Waals surface area contributed by atoms with Crippen LogP contribution >= 0.6 is 45.3 Å². The zero-order valence-corrected chi connectivity index (χ0v) is 23.3. The molecular formula is C34H18S4. The number of thiophene rings is 4. The second-order valence-corrected chi connectivity index (χ2v) is 11.5. The molecule has 0 radical (unpaired) electrons. The maximum absolute atomic E-state index is 3.25. The molecule has 0 unspecified atom stereocenters.